The summed E-state index contributed by atoms with van der Waals surface area (Å²) in [7, 11) is 2.76. The Hall–Kier alpha value is -2.42. The molecule has 0 atom stereocenters. The molecule has 1 heterocycles. The Bertz CT molecular complexity index is 661. The lowest BCUT2D eigenvalue weighted by Gasteiger charge is -2.07. The minimum Gasteiger partial charge on any atom is -0.478 e. The molecule has 1 N–H and O–H groups in total. The number of nitrogens with zero attached hydrogens (tertiary/aromatic N) is 3. The van der Waals surface area contributed by atoms with Crippen LogP contribution >= 0.6 is 11.8 Å². The van der Waals surface area contributed by atoms with Crippen LogP contribution in [0.1, 0.15) is 10.4 Å². The van der Waals surface area contributed by atoms with Gasteiger partial charge in [0.2, 0.25) is 5.16 Å². The van der Waals surface area contributed by atoms with Crippen LogP contribution in [0.15, 0.2) is 28.3 Å². The topological polar surface area (TPSA) is 94.4 Å². The van der Waals surface area contributed by atoms with E-state index in [1.54, 1.807) is 0 Å². The molecular weight excluding hydrogens is 301 g/mol. The van der Waals surface area contributed by atoms with E-state index in [2.05, 4.69) is 15.0 Å². The average Bonchev–Trinajstić information content (AvgIpc) is 2.48. The van der Waals surface area contributed by atoms with E-state index in [1.165, 1.54) is 20.3 Å². The van der Waals surface area contributed by atoms with Crippen molar-refractivity contribution in [1.29, 1.82) is 0 Å². The number of aromatic nitrogens is 3. The summed E-state index contributed by atoms with van der Waals surface area (Å²) in [6.07, 6.45) is 0. The predicted octanol–water partition coefficient (Wildman–Crippen LogP) is 1.88. The van der Waals surface area contributed by atoms with Crippen LogP contribution in [-0.2, 0) is 0 Å². The van der Waals surface area contributed by atoms with Crippen LogP contribution < -0.4 is 9.47 Å². The van der Waals surface area contributed by atoms with Gasteiger partial charge in [0.25, 0.3) is 0 Å². The third-order valence-electron chi connectivity index (χ3n) is 2.31. The van der Waals surface area contributed by atoms with Gasteiger partial charge >= 0.3 is 18.0 Å². The third kappa shape index (κ3) is 3.57. The Morgan fingerprint density at radius 2 is 1.81 bits per heavy atom. The van der Waals surface area contributed by atoms with Gasteiger partial charge in [-0.15, -0.1) is 4.98 Å². The number of halogens is 1. The molecule has 0 spiro atoms. The lowest BCUT2D eigenvalue weighted by atomic mass is 10.2. The zero-order valence-electron chi connectivity index (χ0n) is 11.0. The molecule has 2 rings (SSSR count). The summed E-state index contributed by atoms with van der Waals surface area (Å²) < 4.78 is 22.9. The van der Waals surface area contributed by atoms with Gasteiger partial charge in [0.15, 0.2) is 0 Å². The molecule has 110 valence electrons. The number of carboxylic acids is 1. The van der Waals surface area contributed by atoms with E-state index >= 15 is 0 Å². The molecule has 0 unspecified atom stereocenters. The minimum atomic E-state index is -1.25. The molecule has 0 bridgehead atoms. The lowest BCUT2D eigenvalue weighted by Crippen LogP contribution is -2.02. The SMILES string of the molecule is COc1nc(OC)nc(Sc2ccc(F)cc2C(=O)O)n1. The molecule has 0 aliphatic rings. The van der Waals surface area contributed by atoms with Gasteiger partial charge in [0, 0.05) is 4.90 Å². The van der Waals surface area contributed by atoms with Crippen molar-refractivity contribution in [2.45, 2.75) is 10.1 Å². The van der Waals surface area contributed by atoms with E-state index in [0.717, 1.165) is 23.9 Å². The first-order chi connectivity index (χ1) is 10.0. The summed E-state index contributed by atoms with van der Waals surface area (Å²) >= 11 is 0.941. The number of hydrogen-bond donors (Lipinski definition) is 1. The molecule has 1 aromatic heterocycles. The maximum Gasteiger partial charge on any atom is 0.336 e. The highest BCUT2D eigenvalue weighted by Crippen LogP contribution is 2.30. The van der Waals surface area contributed by atoms with Gasteiger partial charge in [0.05, 0.1) is 19.8 Å². The number of carbonyl (C=O) groups is 1. The quantitative estimate of drug-likeness (QED) is 0.894. The van der Waals surface area contributed by atoms with Crippen molar-refractivity contribution in [3.63, 3.8) is 0 Å². The second-order valence-electron chi connectivity index (χ2n) is 3.64. The highest BCUT2D eigenvalue weighted by molar-refractivity contribution is 7.99. The van der Waals surface area contributed by atoms with E-state index in [-0.39, 0.29) is 22.7 Å². The number of ether oxygens (including phenoxy) is 2. The predicted molar refractivity (Wildman–Crippen MR) is 70.4 cm³/mol. The molecular formula is C12H10FN3O4S. The second kappa shape index (κ2) is 6.35. The van der Waals surface area contributed by atoms with Crippen molar-refractivity contribution in [3.8, 4) is 12.0 Å². The maximum absolute atomic E-state index is 13.1. The van der Waals surface area contributed by atoms with Gasteiger partial charge in [-0.1, -0.05) is 0 Å². The number of hydrogen-bond acceptors (Lipinski definition) is 7. The fraction of sp³-hybridized carbons (Fsp3) is 0.167. The molecule has 9 heteroatoms. The average molecular weight is 311 g/mol. The van der Waals surface area contributed by atoms with Crippen molar-refractivity contribution in [2.75, 3.05) is 14.2 Å². The number of benzene rings is 1. The molecule has 0 saturated heterocycles. The minimum absolute atomic E-state index is 0.0309. The molecule has 1 aromatic carbocycles. The van der Waals surface area contributed by atoms with Crippen molar-refractivity contribution >= 4 is 17.7 Å². The summed E-state index contributed by atoms with van der Waals surface area (Å²) in [6.45, 7) is 0. The highest BCUT2D eigenvalue weighted by atomic mass is 32.2. The van der Waals surface area contributed by atoms with Crippen molar-refractivity contribution in [3.05, 3.63) is 29.6 Å². The van der Waals surface area contributed by atoms with Crippen LogP contribution in [0.2, 0.25) is 0 Å². The number of methoxy groups -OCH3 is 2. The zero-order valence-corrected chi connectivity index (χ0v) is 11.8. The second-order valence-corrected chi connectivity index (χ2v) is 4.65. The maximum atomic E-state index is 13.1. The van der Waals surface area contributed by atoms with Gasteiger partial charge in [-0.25, -0.2) is 9.18 Å². The Kier molecular flexibility index (Phi) is 4.53. The molecule has 0 radical (unpaired) electrons. The normalized spacial score (nSPS) is 10.2. The number of rotatable bonds is 5. The van der Waals surface area contributed by atoms with Crippen LogP contribution in [0.25, 0.3) is 0 Å². The molecule has 0 aliphatic heterocycles. The van der Waals surface area contributed by atoms with E-state index in [9.17, 15) is 9.18 Å². The summed E-state index contributed by atoms with van der Waals surface area (Å²) in [5.74, 6) is -1.88. The smallest absolute Gasteiger partial charge is 0.336 e. The zero-order chi connectivity index (χ0) is 15.4. The van der Waals surface area contributed by atoms with E-state index in [1.807, 2.05) is 0 Å². The molecule has 0 aliphatic carbocycles. The highest BCUT2D eigenvalue weighted by Gasteiger charge is 2.15. The fourth-order valence-electron chi connectivity index (χ4n) is 1.41. The first kappa shape index (κ1) is 15.0. The Morgan fingerprint density at radius 1 is 1.19 bits per heavy atom. The van der Waals surface area contributed by atoms with E-state index in [4.69, 9.17) is 14.6 Å². The van der Waals surface area contributed by atoms with Gasteiger partial charge in [-0.05, 0) is 30.0 Å². The summed E-state index contributed by atoms with van der Waals surface area (Å²) in [5, 5.41) is 9.26. The molecule has 0 fully saturated rings. The lowest BCUT2D eigenvalue weighted by molar-refractivity contribution is 0.0692. The van der Waals surface area contributed by atoms with Crippen molar-refractivity contribution in [2.24, 2.45) is 0 Å². The Balaban J connectivity index is 2.40. The monoisotopic (exact) mass is 311 g/mol. The first-order valence-electron chi connectivity index (χ1n) is 5.58. The third-order valence-corrected chi connectivity index (χ3v) is 3.25. The van der Waals surface area contributed by atoms with Crippen LogP contribution in [0.4, 0.5) is 4.39 Å². The fourth-order valence-corrected chi connectivity index (χ4v) is 2.24. The van der Waals surface area contributed by atoms with Gasteiger partial charge < -0.3 is 14.6 Å². The number of carboxylic acid groups (broad SMARTS) is 1. The van der Waals surface area contributed by atoms with Crippen LogP contribution in [-0.4, -0.2) is 40.2 Å². The van der Waals surface area contributed by atoms with E-state index < -0.39 is 11.8 Å². The van der Waals surface area contributed by atoms with Gasteiger partial charge in [-0.3, -0.25) is 0 Å². The first-order valence-corrected chi connectivity index (χ1v) is 6.40. The summed E-state index contributed by atoms with van der Waals surface area (Å²) in [5.41, 5.74) is -0.182. The molecule has 2 aromatic rings. The molecule has 7 nitrogen and oxygen atoms in total. The molecule has 0 amide bonds. The Morgan fingerprint density at radius 3 is 2.33 bits per heavy atom. The summed E-state index contributed by atoms with van der Waals surface area (Å²) in [4.78, 5) is 23.2. The van der Waals surface area contributed by atoms with E-state index in [0.29, 0.717) is 4.90 Å². The van der Waals surface area contributed by atoms with Gasteiger partial charge in [0.1, 0.15) is 5.82 Å². The summed E-state index contributed by atoms with van der Waals surface area (Å²) in [6, 6.07) is 3.49. The van der Waals surface area contributed by atoms with Crippen LogP contribution in [0.5, 0.6) is 12.0 Å². The molecule has 0 saturated carbocycles. The van der Waals surface area contributed by atoms with Crippen molar-refractivity contribution < 1.29 is 23.8 Å². The largest absolute Gasteiger partial charge is 0.478 e. The molecule has 21 heavy (non-hydrogen) atoms. The number of aromatic carboxylic acids is 1. The van der Waals surface area contributed by atoms with Crippen LogP contribution in [0, 0.1) is 5.82 Å². The van der Waals surface area contributed by atoms with Crippen LogP contribution in [0.3, 0.4) is 0 Å². The Labute approximate surface area is 123 Å². The van der Waals surface area contributed by atoms with Gasteiger partial charge in [-0.2, -0.15) is 9.97 Å². The standard InChI is InChI=1S/C12H10FN3O4S/c1-19-10-14-11(20-2)16-12(15-10)21-8-4-3-6(13)5-7(8)9(17)18/h3-5H,1-2H3,(H,17,18). The van der Waals surface area contributed by atoms with Crippen molar-refractivity contribution in [1.82, 2.24) is 15.0 Å².